The molecule has 6 aliphatic rings. The molecular weight excluding hydrogens is 711 g/mol. The predicted molar refractivity (Wildman–Crippen MR) is 238 cm³/mol. The minimum atomic E-state index is 0.110. The lowest BCUT2D eigenvalue weighted by Gasteiger charge is -2.63. The van der Waals surface area contributed by atoms with Gasteiger partial charge in [0.05, 0.1) is 0 Å². The van der Waals surface area contributed by atoms with Crippen molar-refractivity contribution >= 4 is 50.8 Å². The number of para-hydroxylation sites is 1. The van der Waals surface area contributed by atoms with E-state index in [4.69, 9.17) is 4.42 Å². The van der Waals surface area contributed by atoms with Crippen LogP contribution in [-0.2, 0) is 16.2 Å². The second-order valence-corrected chi connectivity index (χ2v) is 20.7. The lowest BCUT2D eigenvalue weighted by Crippen LogP contribution is -2.57. The largest absolute Gasteiger partial charge is 0.456 e. The third-order valence-corrected chi connectivity index (χ3v) is 16.8. The molecular formula is C54H51NOS. The first kappa shape index (κ1) is 34.3. The molecule has 5 aliphatic carbocycles. The molecule has 7 aromatic rings. The fraction of sp³-hybridized carbons (Fsp3) is 0.333. The van der Waals surface area contributed by atoms with Crippen molar-refractivity contribution < 1.29 is 4.42 Å². The highest BCUT2D eigenvalue weighted by Crippen LogP contribution is 2.69. The van der Waals surface area contributed by atoms with Crippen molar-refractivity contribution in [2.75, 3.05) is 4.90 Å². The molecule has 1 spiro atoms. The number of furan rings is 1. The number of hydrogen-bond acceptors (Lipinski definition) is 3. The fourth-order valence-electron chi connectivity index (χ4n) is 13.0. The maximum absolute atomic E-state index is 6.31. The van der Waals surface area contributed by atoms with Gasteiger partial charge in [-0.3, -0.25) is 0 Å². The zero-order chi connectivity index (χ0) is 38.3. The fourth-order valence-corrected chi connectivity index (χ4v) is 14.3. The molecule has 0 N–H and O–H groups in total. The molecule has 0 radical (unpaired) electrons. The molecule has 1 aromatic heterocycles. The van der Waals surface area contributed by atoms with Crippen LogP contribution in [0.25, 0.3) is 33.1 Å². The van der Waals surface area contributed by atoms with Crippen molar-refractivity contribution in [2.24, 2.45) is 23.7 Å². The highest BCUT2D eigenvalue weighted by molar-refractivity contribution is 7.99. The van der Waals surface area contributed by atoms with E-state index < -0.39 is 0 Å². The van der Waals surface area contributed by atoms with E-state index in [-0.39, 0.29) is 16.2 Å². The zero-order valence-corrected chi connectivity index (χ0v) is 34.5. The van der Waals surface area contributed by atoms with Gasteiger partial charge in [-0.15, -0.1) is 0 Å². The van der Waals surface area contributed by atoms with Crippen LogP contribution in [0.5, 0.6) is 0 Å². The first-order valence-electron chi connectivity index (χ1n) is 21.6. The van der Waals surface area contributed by atoms with Gasteiger partial charge < -0.3 is 9.32 Å². The van der Waals surface area contributed by atoms with Crippen molar-refractivity contribution in [2.45, 2.75) is 98.7 Å². The summed E-state index contributed by atoms with van der Waals surface area (Å²) >= 11 is 2.02. The van der Waals surface area contributed by atoms with Crippen LogP contribution in [0.3, 0.4) is 0 Å². The van der Waals surface area contributed by atoms with E-state index in [2.05, 4.69) is 160 Å². The Labute approximate surface area is 341 Å². The Morgan fingerprint density at radius 2 is 1.16 bits per heavy atom. The lowest BCUT2D eigenvalue weighted by molar-refractivity contribution is -0.0443. The van der Waals surface area contributed by atoms with E-state index in [1.165, 1.54) is 88.4 Å². The van der Waals surface area contributed by atoms with E-state index in [9.17, 15) is 0 Å². The predicted octanol–water partition coefficient (Wildman–Crippen LogP) is 15.3. The quantitative estimate of drug-likeness (QED) is 0.178. The summed E-state index contributed by atoms with van der Waals surface area (Å²) in [5.74, 6) is 3.36. The minimum Gasteiger partial charge on any atom is -0.456 e. The Bertz CT molecular complexity index is 2720. The molecule has 0 saturated heterocycles. The van der Waals surface area contributed by atoms with Crippen molar-refractivity contribution in [3.63, 3.8) is 0 Å². The summed E-state index contributed by atoms with van der Waals surface area (Å²) in [5, 5.41) is 2.30. The zero-order valence-electron chi connectivity index (χ0n) is 33.6. The number of rotatable bonds is 4. The number of anilines is 3. The van der Waals surface area contributed by atoms with E-state index in [1.54, 1.807) is 11.1 Å². The van der Waals surface area contributed by atoms with Gasteiger partial charge in [-0.25, -0.2) is 0 Å². The molecule has 13 rings (SSSR count). The molecule has 4 bridgehead atoms. The van der Waals surface area contributed by atoms with Crippen molar-refractivity contribution in [3.8, 4) is 11.1 Å². The van der Waals surface area contributed by atoms with Crippen LogP contribution < -0.4 is 4.90 Å². The Morgan fingerprint density at radius 3 is 1.95 bits per heavy atom. The molecule has 1 aliphatic heterocycles. The van der Waals surface area contributed by atoms with Crippen LogP contribution in [0.1, 0.15) is 94.9 Å². The van der Waals surface area contributed by atoms with E-state index in [0.29, 0.717) is 0 Å². The summed E-state index contributed by atoms with van der Waals surface area (Å²) in [5.41, 5.74) is 14.6. The van der Waals surface area contributed by atoms with Gasteiger partial charge in [0.25, 0.3) is 0 Å². The van der Waals surface area contributed by atoms with Crippen LogP contribution in [0, 0.1) is 23.7 Å². The van der Waals surface area contributed by atoms with Crippen LogP contribution in [0.2, 0.25) is 0 Å². The normalized spacial score (nSPS) is 26.0. The van der Waals surface area contributed by atoms with E-state index in [0.717, 1.165) is 51.3 Å². The molecule has 4 fully saturated rings. The van der Waals surface area contributed by atoms with Crippen LogP contribution in [-0.4, -0.2) is 0 Å². The van der Waals surface area contributed by atoms with Gasteiger partial charge in [0.1, 0.15) is 11.2 Å². The summed E-state index contributed by atoms with van der Waals surface area (Å²) in [7, 11) is 0. The van der Waals surface area contributed by atoms with E-state index >= 15 is 0 Å². The maximum Gasteiger partial charge on any atom is 0.135 e. The van der Waals surface area contributed by atoms with Crippen molar-refractivity contribution in [1.29, 1.82) is 0 Å². The highest BCUT2D eigenvalue weighted by atomic mass is 32.2. The van der Waals surface area contributed by atoms with Crippen LogP contribution in [0.15, 0.2) is 142 Å². The summed E-state index contributed by atoms with van der Waals surface area (Å²) in [6.07, 6.45) is 9.47. The molecule has 4 saturated carbocycles. The Morgan fingerprint density at radius 1 is 0.526 bits per heavy atom. The first-order valence-corrected chi connectivity index (χ1v) is 22.4. The third-order valence-electron chi connectivity index (χ3n) is 15.6. The van der Waals surface area contributed by atoms with Gasteiger partial charge in [-0.1, -0.05) is 112 Å². The summed E-state index contributed by atoms with van der Waals surface area (Å²) in [4.78, 5) is 5.44. The molecule has 3 heteroatoms. The average Bonchev–Trinajstić information content (AvgIpc) is 3.59. The standard InChI is InChI=1S/C54H51NOS/c1-52(2)24-25-53(3,4)47-32-40(20-22-44(47)52)55(39-21-23-49-43(31-39)42-10-5-7-14-48(42)56-49)38-18-16-35(17-19-38)41-11-9-13-46-51(41)57-50-15-8-6-12-45(50)54(46)36-27-33-26-34(29-36)30-37(54)28-33/h5-23,31-34,36-37H,24-30H2,1-4H3. The molecule has 0 unspecified atom stereocenters. The second-order valence-electron chi connectivity index (χ2n) is 19.6. The van der Waals surface area contributed by atoms with Gasteiger partial charge >= 0.3 is 0 Å². The van der Waals surface area contributed by atoms with Crippen molar-refractivity contribution in [1.82, 2.24) is 0 Å². The molecule has 2 nitrogen and oxygen atoms in total. The topological polar surface area (TPSA) is 16.4 Å². The molecule has 2 heterocycles. The van der Waals surface area contributed by atoms with Crippen molar-refractivity contribution in [3.05, 3.63) is 150 Å². The molecule has 57 heavy (non-hydrogen) atoms. The summed E-state index contributed by atoms with van der Waals surface area (Å²) < 4.78 is 6.31. The molecule has 284 valence electrons. The molecule has 0 atom stereocenters. The molecule has 6 aromatic carbocycles. The lowest BCUT2D eigenvalue weighted by atomic mass is 9.42. The Hall–Kier alpha value is -4.73. The average molecular weight is 762 g/mol. The SMILES string of the molecule is CC1(C)CCC(C)(C)c2cc(N(c3ccc(-c4cccc5c4Sc4ccccc4C54C5CC6CC(C5)CC4C6)cc3)c3ccc4oc5ccccc5c4c3)ccc21. The number of hydrogen-bond donors (Lipinski definition) is 0. The second kappa shape index (κ2) is 12.1. The van der Waals surface area contributed by atoms with Crippen LogP contribution in [0.4, 0.5) is 17.1 Å². The number of fused-ring (bicyclic) bond motifs is 6. The number of nitrogens with zero attached hydrogens (tertiary/aromatic N) is 1. The third kappa shape index (κ3) is 4.97. The van der Waals surface area contributed by atoms with E-state index in [1.807, 2.05) is 11.8 Å². The van der Waals surface area contributed by atoms with Crippen LogP contribution >= 0.6 is 11.8 Å². The van der Waals surface area contributed by atoms with Gasteiger partial charge in [-0.2, -0.15) is 0 Å². The number of benzene rings is 6. The monoisotopic (exact) mass is 761 g/mol. The minimum absolute atomic E-state index is 0.110. The summed E-state index contributed by atoms with van der Waals surface area (Å²) in [6.45, 7) is 9.69. The Kier molecular flexibility index (Phi) is 7.32. The van der Waals surface area contributed by atoms with Gasteiger partial charge in [-0.05, 0) is 167 Å². The highest BCUT2D eigenvalue weighted by Gasteiger charge is 2.60. The Balaban J connectivity index is 0.999. The van der Waals surface area contributed by atoms with Gasteiger partial charge in [0.15, 0.2) is 0 Å². The smallest absolute Gasteiger partial charge is 0.135 e. The molecule has 0 amide bonds. The maximum atomic E-state index is 6.31. The van der Waals surface area contributed by atoms with Gasteiger partial charge in [0.2, 0.25) is 0 Å². The van der Waals surface area contributed by atoms with Gasteiger partial charge in [0, 0.05) is 43.0 Å². The first-order chi connectivity index (χ1) is 27.7. The summed E-state index contributed by atoms with van der Waals surface area (Å²) in [6, 6.07) is 48.7.